The fraction of sp³-hybridized carbons (Fsp3) is 0.333. The normalized spacial score (nSPS) is 15.0. The van der Waals surface area contributed by atoms with Gasteiger partial charge in [-0.05, 0) is 49.7 Å². The van der Waals surface area contributed by atoms with Gasteiger partial charge in [0.15, 0.2) is 0 Å². The number of carbonyl (C=O) groups excluding carboxylic acids is 1. The summed E-state index contributed by atoms with van der Waals surface area (Å²) in [5, 5.41) is 6.55. The van der Waals surface area contributed by atoms with Crippen LogP contribution in [-0.4, -0.2) is 42.5 Å². The zero-order valence-electron chi connectivity index (χ0n) is 17.5. The van der Waals surface area contributed by atoms with Crippen LogP contribution < -0.4 is 10.1 Å². The van der Waals surface area contributed by atoms with E-state index in [1.54, 1.807) is 7.11 Å². The minimum atomic E-state index is -0.0249. The highest BCUT2D eigenvalue weighted by Gasteiger charge is 2.24. The molecule has 0 aliphatic carbocycles. The van der Waals surface area contributed by atoms with Crippen LogP contribution in [0.25, 0.3) is 10.6 Å². The molecule has 5 nitrogen and oxygen atoms in total. The number of hydrogen-bond acceptors (Lipinski definition) is 5. The fourth-order valence-corrected chi connectivity index (χ4v) is 5.08. The maximum Gasteiger partial charge on any atom is 0.226 e. The number of amides is 1. The summed E-state index contributed by atoms with van der Waals surface area (Å²) in [4.78, 5) is 19.7. The minimum Gasteiger partial charge on any atom is -0.497 e. The molecule has 0 spiro atoms. The average Bonchev–Trinajstić information content (AvgIpc) is 3.47. The molecule has 31 heavy (non-hydrogen) atoms. The number of ether oxygens (including phenoxy) is 1. The quantitative estimate of drug-likeness (QED) is 0.521. The van der Waals surface area contributed by atoms with Crippen molar-refractivity contribution in [2.45, 2.75) is 25.3 Å². The van der Waals surface area contributed by atoms with Crippen LogP contribution in [0.3, 0.4) is 0 Å². The van der Waals surface area contributed by atoms with Crippen molar-refractivity contribution in [3.05, 3.63) is 70.2 Å². The topological polar surface area (TPSA) is 54.5 Å². The molecule has 2 heterocycles. The summed E-state index contributed by atoms with van der Waals surface area (Å²) in [6, 6.07) is 15.9. The first-order chi connectivity index (χ1) is 15.1. The first-order valence-corrected chi connectivity index (χ1v) is 11.7. The molecule has 1 unspecified atom stereocenters. The van der Waals surface area contributed by atoms with Gasteiger partial charge >= 0.3 is 0 Å². The Kier molecular flexibility index (Phi) is 7.22. The Morgan fingerprint density at radius 1 is 1.23 bits per heavy atom. The second-order valence-corrected chi connectivity index (χ2v) is 8.91. The maximum atomic E-state index is 12.7. The van der Waals surface area contributed by atoms with Gasteiger partial charge < -0.3 is 10.1 Å². The number of benzene rings is 2. The zero-order valence-corrected chi connectivity index (χ0v) is 19.1. The predicted molar refractivity (Wildman–Crippen MR) is 126 cm³/mol. The lowest BCUT2D eigenvalue weighted by Crippen LogP contribution is -2.37. The van der Waals surface area contributed by atoms with Gasteiger partial charge in [0.1, 0.15) is 10.8 Å². The van der Waals surface area contributed by atoms with Gasteiger partial charge in [-0.1, -0.05) is 41.9 Å². The van der Waals surface area contributed by atoms with Crippen molar-refractivity contribution in [3.8, 4) is 16.3 Å². The second kappa shape index (κ2) is 10.3. The third kappa shape index (κ3) is 5.45. The van der Waals surface area contributed by atoms with Gasteiger partial charge in [-0.25, -0.2) is 4.98 Å². The Bertz CT molecular complexity index is 1030. The average molecular weight is 456 g/mol. The molecule has 0 bridgehead atoms. The summed E-state index contributed by atoms with van der Waals surface area (Å²) < 4.78 is 5.40. The summed E-state index contributed by atoms with van der Waals surface area (Å²) >= 11 is 7.78. The molecule has 3 aromatic rings. The standard InChI is InChI=1S/C24H26ClN3O2S/c1-30-19-8-6-7-17(13-19)22(28-11-4-5-12-28)15-26-23(29)14-18-16-31-24(27-18)20-9-2-3-10-21(20)25/h2-3,6-10,13,16,22H,4-5,11-12,14-15H2,1H3,(H,26,29). The number of nitrogens with zero attached hydrogens (tertiary/aromatic N) is 2. The largest absolute Gasteiger partial charge is 0.497 e. The summed E-state index contributed by atoms with van der Waals surface area (Å²) in [5.41, 5.74) is 2.82. The number of nitrogens with one attached hydrogen (secondary N) is 1. The van der Waals surface area contributed by atoms with Crippen LogP contribution in [0.1, 0.15) is 30.1 Å². The smallest absolute Gasteiger partial charge is 0.226 e. The molecule has 1 fully saturated rings. The first kappa shape index (κ1) is 21.8. The van der Waals surface area contributed by atoms with Crippen LogP contribution >= 0.6 is 22.9 Å². The van der Waals surface area contributed by atoms with Gasteiger partial charge in [0.2, 0.25) is 5.91 Å². The molecule has 1 amide bonds. The third-order valence-corrected chi connectivity index (χ3v) is 6.80. The van der Waals surface area contributed by atoms with Gasteiger partial charge in [-0.15, -0.1) is 11.3 Å². The SMILES string of the molecule is COc1cccc(C(CNC(=O)Cc2csc(-c3ccccc3Cl)n2)N2CCCC2)c1. The Morgan fingerprint density at radius 3 is 2.81 bits per heavy atom. The van der Waals surface area contributed by atoms with E-state index in [1.165, 1.54) is 24.2 Å². The van der Waals surface area contributed by atoms with E-state index in [2.05, 4.69) is 27.3 Å². The lowest BCUT2D eigenvalue weighted by Gasteiger charge is -2.28. The van der Waals surface area contributed by atoms with Crippen molar-refractivity contribution in [2.75, 3.05) is 26.7 Å². The van der Waals surface area contributed by atoms with E-state index in [0.717, 1.165) is 40.7 Å². The highest BCUT2D eigenvalue weighted by molar-refractivity contribution is 7.13. The van der Waals surface area contributed by atoms with E-state index >= 15 is 0 Å². The van der Waals surface area contributed by atoms with Gasteiger partial charge in [-0.3, -0.25) is 9.69 Å². The summed E-state index contributed by atoms with van der Waals surface area (Å²) in [6.45, 7) is 2.66. The van der Waals surface area contributed by atoms with Crippen molar-refractivity contribution in [2.24, 2.45) is 0 Å². The lowest BCUT2D eigenvalue weighted by atomic mass is 10.0. The van der Waals surface area contributed by atoms with Gasteiger partial charge in [0.25, 0.3) is 0 Å². The van der Waals surface area contributed by atoms with Crippen LogP contribution in [0.2, 0.25) is 5.02 Å². The van der Waals surface area contributed by atoms with Gasteiger partial charge in [-0.2, -0.15) is 0 Å². The van der Waals surface area contributed by atoms with Crippen molar-refractivity contribution >= 4 is 28.8 Å². The molecule has 4 rings (SSSR count). The molecule has 7 heteroatoms. The van der Waals surface area contributed by atoms with Crippen LogP contribution in [0.15, 0.2) is 53.9 Å². The minimum absolute atomic E-state index is 0.0249. The van der Waals surface area contributed by atoms with Crippen LogP contribution in [0.5, 0.6) is 5.75 Å². The van der Waals surface area contributed by atoms with Crippen molar-refractivity contribution in [1.29, 1.82) is 0 Å². The van der Waals surface area contributed by atoms with E-state index < -0.39 is 0 Å². The molecule has 1 atom stereocenters. The zero-order chi connectivity index (χ0) is 21.6. The number of halogens is 1. The molecule has 1 N–H and O–H groups in total. The second-order valence-electron chi connectivity index (χ2n) is 7.64. The van der Waals surface area contributed by atoms with Crippen molar-refractivity contribution in [3.63, 3.8) is 0 Å². The molecule has 1 aliphatic rings. The van der Waals surface area contributed by atoms with Gasteiger partial charge in [0.05, 0.1) is 30.3 Å². The van der Waals surface area contributed by atoms with Crippen LogP contribution in [0, 0.1) is 0 Å². The Morgan fingerprint density at radius 2 is 2.03 bits per heavy atom. The molecule has 1 saturated heterocycles. The lowest BCUT2D eigenvalue weighted by molar-refractivity contribution is -0.120. The van der Waals surface area contributed by atoms with Crippen LogP contribution in [-0.2, 0) is 11.2 Å². The predicted octanol–water partition coefficient (Wildman–Crippen LogP) is 4.97. The first-order valence-electron chi connectivity index (χ1n) is 10.5. The molecule has 1 aliphatic heterocycles. The Balaban J connectivity index is 1.41. The molecular weight excluding hydrogens is 430 g/mol. The molecular formula is C24H26ClN3O2S. The van der Waals surface area contributed by atoms with Crippen molar-refractivity contribution in [1.82, 2.24) is 15.2 Å². The van der Waals surface area contributed by atoms with Crippen LogP contribution in [0.4, 0.5) is 0 Å². The highest BCUT2D eigenvalue weighted by Crippen LogP contribution is 2.30. The Hall–Kier alpha value is -2.41. The van der Waals surface area contributed by atoms with E-state index in [9.17, 15) is 4.79 Å². The van der Waals surface area contributed by atoms with Crippen molar-refractivity contribution < 1.29 is 9.53 Å². The number of thiazole rings is 1. The molecule has 0 saturated carbocycles. The third-order valence-electron chi connectivity index (χ3n) is 5.55. The van der Waals surface area contributed by atoms with Gasteiger partial charge in [0, 0.05) is 17.5 Å². The number of methoxy groups -OCH3 is 1. The van der Waals surface area contributed by atoms with E-state index in [-0.39, 0.29) is 18.4 Å². The van der Waals surface area contributed by atoms with E-state index in [1.807, 2.05) is 41.8 Å². The number of carbonyl (C=O) groups is 1. The molecule has 0 radical (unpaired) electrons. The molecule has 162 valence electrons. The maximum absolute atomic E-state index is 12.7. The number of rotatable bonds is 8. The number of aromatic nitrogens is 1. The summed E-state index contributed by atoms with van der Waals surface area (Å²) in [7, 11) is 1.68. The summed E-state index contributed by atoms with van der Waals surface area (Å²) in [5.74, 6) is 0.811. The Labute approximate surface area is 192 Å². The fourth-order valence-electron chi connectivity index (χ4n) is 3.94. The molecule has 1 aromatic heterocycles. The number of hydrogen-bond donors (Lipinski definition) is 1. The van der Waals surface area contributed by atoms with E-state index in [4.69, 9.17) is 16.3 Å². The van der Waals surface area contributed by atoms with E-state index in [0.29, 0.717) is 11.6 Å². The molecule has 2 aromatic carbocycles. The monoisotopic (exact) mass is 455 g/mol. The summed E-state index contributed by atoms with van der Waals surface area (Å²) in [6.07, 6.45) is 2.64. The highest BCUT2D eigenvalue weighted by atomic mass is 35.5. The number of likely N-dealkylation sites (tertiary alicyclic amines) is 1.